The van der Waals surface area contributed by atoms with Gasteiger partial charge in [0.15, 0.2) is 0 Å². The molecule has 0 bridgehead atoms. The molecule has 2 amide bonds. The minimum absolute atomic E-state index is 0.0369. The van der Waals surface area contributed by atoms with Crippen LogP contribution in [0, 0.1) is 5.82 Å². The van der Waals surface area contributed by atoms with Crippen LogP contribution in [0.4, 0.5) is 4.39 Å². The van der Waals surface area contributed by atoms with Gasteiger partial charge in [-0.1, -0.05) is 42.5 Å². The van der Waals surface area contributed by atoms with Crippen molar-refractivity contribution in [3.05, 3.63) is 90.3 Å². The average molecular weight is 380 g/mol. The van der Waals surface area contributed by atoms with Crippen molar-refractivity contribution in [2.75, 3.05) is 6.54 Å². The number of imidazole rings is 1. The first-order chi connectivity index (χ1) is 13.6. The number of hydrogen-bond acceptors (Lipinski definition) is 3. The topological polar surface area (TPSA) is 76.0 Å². The van der Waals surface area contributed by atoms with E-state index in [9.17, 15) is 14.0 Å². The fourth-order valence-electron chi connectivity index (χ4n) is 2.82. The van der Waals surface area contributed by atoms with E-state index in [2.05, 4.69) is 15.6 Å². The van der Waals surface area contributed by atoms with Crippen LogP contribution in [0.2, 0.25) is 0 Å². The molecule has 0 fully saturated rings. The van der Waals surface area contributed by atoms with Crippen LogP contribution in [0.1, 0.15) is 28.4 Å². The second-order valence-corrected chi connectivity index (χ2v) is 6.28. The highest BCUT2D eigenvalue weighted by Crippen LogP contribution is 2.15. The molecule has 0 aliphatic heterocycles. The van der Waals surface area contributed by atoms with Crippen molar-refractivity contribution >= 4 is 11.8 Å². The summed E-state index contributed by atoms with van der Waals surface area (Å²) in [5.41, 5.74) is 0.935. The quantitative estimate of drug-likeness (QED) is 0.631. The van der Waals surface area contributed by atoms with Crippen LogP contribution in [0.25, 0.3) is 0 Å². The Labute approximate surface area is 162 Å². The fourth-order valence-corrected chi connectivity index (χ4v) is 2.82. The number of aromatic nitrogens is 2. The SMILES string of the molecule is O=C(CCNC(=O)c1ccccc1F)NC(Cn1ccnc1)c1ccccc1. The van der Waals surface area contributed by atoms with Crippen molar-refractivity contribution in [2.45, 2.75) is 19.0 Å². The number of nitrogens with zero attached hydrogens (tertiary/aromatic N) is 2. The summed E-state index contributed by atoms with van der Waals surface area (Å²) in [6.07, 6.45) is 5.29. The molecule has 0 spiro atoms. The molecule has 3 rings (SSSR count). The van der Waals surface area contributed by atoms with Gasteiger partial charge in [0.2, 0.25) is 5.91 Å². The van der Waals surface area contributed by atoms with Gasteiger partial charge in [0.25, 0.3) is 5.91 Å². The average Bonchev–Trinajstić information content (AvgIpc) is 3.21. The lowest BCUT2D eigenvalue weighted by Crippen LogP contribution is -2.34. The Morgan fingerprint density at radius 3 is 2.54 bits per heavy atom. The number of halogens is 1. The van der Waals surface area contributed by atoms with Gasteiger partial charge in [-0.2, -0.15) is 0 Å². The summed E-state index contributed by atoms with van der Waals surface area (Å²) in [5, 5.41) is 5.56. The van der Waals surface area contributed by atoms with Crippen LogP contribution in [-0.2, 0) is 11.3 Å². The number of rotatable bonds is 8. The number of carbonyl (C=O) groups excluding carboxylic acids is 2. The summed E-state index contributed by atoms with van der Waals surface area (Å²) >= 11 is 0. The van der Waals surface area contributed by atoms with E-state index < -0.39 is 11.7 Å². The maximum Gasteiger partial charge on any atom is 0.254 e. The summed E-state index contributed by atoms with van der Waals surface area (Å²) in [6.45, 7) is 0.656. The Hall–Kier alpha value is -3.48. The molecule has 0 radical (unpaired) electrons. The van der Waals surface area contributed by atoms with Gasteiger partial charge in [0.1, 0.15) is 5.82 Å². The smallest absolute Gasteiger partial charge is 0.254 e. The Bertz CT molecular complexity index is 913. The molecule has 28 heavy (non-hydrogen) atoms. The van der Waals surface area contributed by atoms with E-state index in [1.165, 1.54) is 18.2 Å². The fraction of sp³-hybridized carbons (Fsp3) is 0.190. The maximum absolute atomic E-state index is 13.6. The van der Waals surface area contributed by atoms with Crippen molar-refractivity contribution in [1.29, 1.82) is 0 Å². The summed E-state index contributed by atoms with van der Waals surface area (Å²) in [7, 11) is 0. The molecule has 3 aromatic rings. The van der Waals surface area contributed by atoms with Crippen molar-refractivity contribution in [1.82, 2.24) is 20.2 Å². The third kappa shape index (κ3) is 5.26. The lowest BCUT2D eigenvalue weighted by Gasteiger charge is -2.20. The van der Waals surface area contributed by atoms with Gasteiger partial charge in [-0.15, -0.1) is 0 Å². The van der Waals surface area contributed by atoms with Crippen LogP contribution in [0.3, 0.4) is 0 Å². The molecule has 0 saturated heterocycles. The Balaban J connectivity index is 1.55. The summed E-state index contributed by atoms with van der Waals surface area (Å²) in [4.78, 5) is 28.4. The Morgan fingerprint density at radius 1 is 1.07 bits per heavy atom. The van der Waals surface area contributed by atoms with Crippen LogP contribution in [0.15, 0.2) is 73.3 Å². The molecule has 0 aliphatic rings. The van der Waals surface area contributed by atoms with E-state index in [0.29, 0.717) is 6.54 Å². The highest BCUT2D eigenvalue weighted by molar-refractivity contribution is 5.94. The number of carbonyl (C=O) groups is 2. The zero-order chi connectivity index (χ0) is 19.8. The first-order valence-corrected chi connectivity index (χ1v) is 8.96. The molecule has 2 aromatic carbocycles. The molecule has 1 atom stereocenters. The monoisotopic (exact) mass is 380 g/mol. The van der Waals surface area contributed by atoms with E-state index in [0.717, 1.165) is 5.56 Å². The molecule has 1 unspecified atom stereocenters. The molecule has 6 nitrogen and oxygen atoms in total. The minimum Gasteiger partial charge on any atom is -0.351 e. The number of hydrogen-bond donors (Lipinski definition) is 2. The van der Waals surface area contributed by atoms with Crippen LogP contribution in [0.5, 0.6) is 0 Å². The Kier molecular flexibility index (Phi) is 6.51. The number of nitrogens with one attached hydrogen (secondary N) is 2. The zero-order valence-corrected chi connectivity index (χ0v) is 15.2. The second kappa shape index (κ2) is 9.45. The van der Waals surface area contributed by atoms with Crippen molar-refractivity contribution in [2.24, 2.45) is 0 Å². The zero-order valence-electron chi connectivity index (χ0n) is 15.2. The van der Waals surface area contributed by atoms with E-state index in [1.54, 1.807) is 18.6 Å². The van der Waals surface area contributed by atoms with Gasteiger partial charge >= 0.3 is 0 Å². The van der Waals surface area contributed by atoms with Gasteiger partial charge in [-0.05, 0) is 17.7 Å². The maximum atomic E-state index is 13.6. The van der Waals surface area contributed by atoms with Gasteiger partial charge < -0.3 is 15.2 Å². The van der Waals surface area contributed by atoms with Crippen molar-refractivity contribution in [3.63, 3.8) is 0 Å². The largest absolute Gasteiger partial charge is 0.351 e. The van der Waals surface area contributed by atoms with Gasteiger partial charge in [0.05, 0.1) is 17.9 Å². The molecular formula is C21H21FN4O2. The molecule has 7 heteroatoms. The normalized spacial score (nSPS) is 11.6. The van der Waals surface area contributed by atoms with E-state index in [1.807, 2.05) is 41.1 Å². The third-order valence-electron chi connectivity index (χ3n) is 4.25. The number of amides is 2. The molecule has 1 heterocycles. The molecule has 0 aliphatic carbocycles. The van der Waals surface area contributed by atoms with Crippen LogP contribution >= 0.6 is 0 Å². The predicted octanol–water partition coefficient (Wildman–Crippen LogP) is 2.70. The molecule has 1 aromatic heterocycles. The second-order valence-electron chi connectivity index (χ2n) is 6.28. The summed E-state index contributed by atoms with van der Waals surface area (Å²) in [6, 6.07) is 15.1. The van der Waals surface area contributed by atoms with Crippen molar-refractivity contribution in [3.8, 4) is 0 Å². The molecule has 0 saturated carbocycles. The molecule has 2 N–H and O–H groups in total. The highest BCUT2D eigenvalue weighted by Gasteiger charge is 2.16. The van der Waals surface area contributed by atoms with E-state index >= 15 is 0 Å². The third-order valence-corrected chi connectivity index (χ3v) is 4.25. The summed E-state index contributed by atoms with van der Waals surface area (Å²) in [5.74, 6) is -1.33. The Morgan fingerprint density at radius 2 is 1.82 bits per heavy atom. The van der Waals surface area contributed by atoms with Crippen molar-refractivity contribution < 1.29 is 14.0 Å². The lowest BCUT2D eigenvalue weighted by atomic mass is 10.1. The van der Waals surface area contributed by atoms with E-state index in [4.69, 9.17) is 0 Å². The van der Waals surface area contributed by atoms with Gasteiger partial charge in [-0.25, -0.2) is 9.37 Å². The molecular weight excluding hydrogens is 359 g/mol. The lowest BCUT2D eigenvalue weighted by molar-refractivity contribution is -0.121. The van der Waals surface area contributed by atoms with E-state index in [-0.39, 0.29) is 30.5 Å². The minimum atomic E-state index is -0.589. The van der Waals surface area contributed by atoms with Crippen LogP contribution in [-0.4, -0.2) is 27.9 Å². The standard InChI is InChI=1S/C21H21FN4O2/c22-18-9-5-4-8-17(18)21(28)24-11-10-20(27)25-19(14-26-13-12-23-15-26)16-6-2-1-3-7-16/h1-9,12-13,15,19H,10-11,14H2,(H,24,28)(H,25,27). The highest BCUT2D eigenvalue weighted by atomic mass is 19.1. The predicted molar refractivity (Wildman–Crippen MR) is 103 cm³/mol. The molecule has 144 valence electrons. The summed E-state index contributed by atoms with van der Waals surface area (Å²) < 4.78 is 15.5. The van der Waals surface area contributed by atoms with Gasteiger partial charge in [0, 0.05) is 31.9 Å². The van der Waals surface area contributed by atoms with Gasteiger partial charge in [-0.3, -0.25) is 9.59 Å². The first kappa shape index (κ1) is 19.3. The first-order valence-electron chi connectivity index (χ1n) is 8.96. The number of benzene rings is 2. The van der Waals surface area contributed by atoms with Crippen LogP contribution < -0.4 is 10.6 Å².